The Morgan fingerprint density at radius 3 is 2.32 bits per heavy atom. The van der Waals surface area contributed by atoms with Crippen molar-refractivity contribution in [2.24, 2.45) is 0 Å². The second-order valence-electron chi connectivity index (χ2n) is 6.82. The number of allylic oxidation sites excluding steroid dienone is 4. The molecule has 1 aromatic rings. The largest absolute Gasteiger partial charge is 0.240 e. The summed E-state index contributed by atoms with van der Waals surface area (Å²) < 4.78 is 0.837. The van der Waals surface area contributed by atoms with E-state index in [1.165, 1.54) is 5.69 Å². The van der Waals surface area contributed by atoms with E-state index in [0.717, 1.165) is 10.0 Å². The fourth-order valence-electron chi connectivity index (χ4n) is 4.52. The molecule has 5 rings (SSSR count). The van der Waals surface area contributed by atoms with Crippen LogP contribution >= 0.6 is 0 Å². The zero-order valence-corrected chi connectivity index (χ0v) is 13.1. The number of nitrogens with zero attached hydrogens (tertiary/aromatic N) is 1. The molecule has 0 saturated carbocycles. The summed E-state index contributed by atoms with van der Waals surface area (Å²) in [5, 5.41) is 1.74. The summed E-state index contributed by atoms with van der Waals surface area (Å²) in [6.07, 6.45) is 4.94. The summed E-state index contributed by atoms with van der Waals surface area (Å²) in [6.45, 7) is 7.38. The highest BCUT2D eigenvalue weighted by Gasteiger charge is 2.60. The molecule has 0 amide bonds. The Labute approximate surface area is 116 Å². The fourth-order valence-corrected chi connectivity index (χ4v) is 8.88. The van der Waals surface area contributed by atoms with Crippen LogP contribution in [-0.4, -0.2) is 15.1 Å². The number of hydrogen-bond acceptors (Lipinski definition) is 0. The lowest BCUT2D eigenvalue weighted by Gasteiger charge is -2.38. The van der Waals surface area contributed by atoms with Gasteiger partial charge in [0.2, 0.25) is 0 Å². The first kappa shape index (κ1) is 11.4. The minimum atomic E-state index is -1.14. The van der Waals surface area contributed by atoms with Gasteiger partial charge in [-0.1, -0.05) is 36.9 Å². The predicted octanol–water partition coefficient (Wildman–Crippen LogP) is 4.37. The van der Waals surface area contributed by atoms with Crippen LogP contribution in [0, 0.1) is 0 Å². The Morgan fingerprint density at radius 1 is 1.05 bits per heavy atom. The van der Waals surface area contributed by atoms with Crippen LogP contribution in [0.3, 0.4) is 0 Å². The number of para-hydroxylation sites is 1. The van der Waals surface area contributed by atoms with Crippen LogP contribution in [0.1, 0.15) is 6.92 Å². The third-order valence-electron chi connectivity index (χ3n) is 5.20. The molecule has 1 fully saturated rings. The van der Waals surface area contributed by atoms with Gasteiger partial charge >= 0.3 is 0 Å². The number of rotatable bonds is 1. The molecule has 2 heteroatoms. The van der Waals surface area contributed by atoms with E-state index in [1.807, 2.05) is 0 Å². The van der Waals surface area contributed by atoms with Gasteiger partial charge in [-0.15, -0.1) is 0 Å². The molecule has 2 atom stereocenters. The van der Waals surface area contributed by atoms with E-state index < -0.39 is 8.07 Å². The van der Waals surface area contributed by atoms with Crippen LogP contribution < -0.4 is 4.48 Å². The maximum absolute atomic E-state index is 2.52. The standard InChI is InChI=1S/C17H20NSi/c1-12-16-14-10-18(2,13-8-6-5-7-9-13)11-15(14)17(12)19(16,3)4/h5-11,16H,1-4H3/q+1. The molecule has 3 heterocycles. The van der Waals surface area contributed by atoms with Crippen LogP contribution in [-0.2, 0) is 0 Å². The molecule has 96 valence electrons. The van der Waals surface area contributed by atoms with Crippen molar-refractivity contribution < 1.29 is 0 Å². The molecular formula is C17H20NSi+. The van der Waals surface area contributed by atoms with Gasteiger partial charge in [0.1, 0.15) is 18.1 Å². The number of hydrogen-bond donors (Lipinski definition) is 0. The highest BCUT2D eigenvalue weighted by atomic mass is 28.3. The van der Waals surface area contributed by atoms with E-state index in [1.54, 1.807) is 21.9 Å². The van der Waals surface area contributed by atoms with E-state index in [-0.39, 0.29) is 0 Å². The Bertz CT molecular complexity index is 678. The fraction of sp³-hybridized carbons (Fsp3) is 0.294. The molecule has 2 unspecified atom stereocenters. The van der Waals surface area contributed by atoms with Crippen molar-refractivity contribution in [3.8, 4) is 0 Å². The molecule has 19 heavy (non-hydrogen) atoms. The van der Waals surface area contributed by atoms with Crippen LogP contribution in [0.5, 0.6) is 0 Å². The molecule has 4 aliphatic rings. The monoisotopic (exact) mass is 266 g/mol. The molecule has 1 aliphatic carbocycles. The normalized spacial score (nSPS) is 33.8. The molecule has 0 radical (unpaired) electrons. The second-order valence-corrected chi connectivity index (χ2v) is 11.3. The SMILES string of the molecule is CC1=C2C3=C[N+](C)(c4ccccc4)C=C3C1[Si]2(C)C. The molecule has 1 saturated heterocycles. The molecular weight excluding hydrogens is 246 g/mol. The minimum absolute atomic E-state index is 0.789. The molecule has 1 aromatic carbocycles. The summed E-state index contributed by atoms with van der Waals surface area (Å²) in [7, 11) is 1.15. The Morgan fingerprint density at radius 2 is 1.74 bits per heavy atom. The smallest absolute Gasteiger partial charge is 0.141 e. The quantitative estimate of drug-likeness (QED) is 0.523. The lowest BCUT2D eigenvalue weighted by Crippen LogP contribution is -2.41. The van der Waals surface area contributed by atoms with Crippen LogP contribution in [0.15, 0.2) is 64.6 Å². The Balaban J connectivity index is 1.85. The van der Waals surface area contributed by atoms with Gasteiger partial charge < -0.3 is 0 Å². The summed E-state index contributed by atoms with van der Waals surface area (Å²) in [5.74, 6) is 0. The summed E-state index contributed by atoms with van der Waals surface area (Å²) in [4.78, 5) is 0. The zero-order valence-electron chi connectivity index (χ0n) is 12.1. The van der Waals surface area contributed by atoms with E-state index >= 15 is 0 Å². The minimum Gasteiger partial charge on any atom is -0.240 e. The lowest BCUT2D eigenvalue weighted by molar-refractivity contribution is 0.602. The van der Waals surface area contributed by atoms with Gasteiger partial charge in [0.15, 0.2) is 0 Å². The lowest BCUT2D eigenvalue weighted by atomic mass is 10.1. The third kappa shape index (κ3) is 1.19. The van der Waals surface area contributed by atoms with Crippen molar-refractivity contribution in [1.82, 2.24) is 4.48 Å². The highest BCUT2D eigenvalue weighted by molar-refractivity contribution is 6.92. The second kappa shape index (κ2) is 3.19. The summed E-state index contributed by atoms with van der Waals surface area (Å²) in [5.41, 5.74) is 7.00. The molecule has 0 N–H and O–H groups in total. The van der Waals surface area contributed by atoms with Crippen molar-refractivity contribution in [2.45, 2.75) is 25.6 Å². The molecule has 1 nitrogen and oxygen atoms in total. The van der Waals surface area contributed by atoms with E-state index in [4.69, 9.17) is 0 Å². The predicted molar refractivity (Wildman–Crippen MR) is 84.3 cm³/mol. The van der Waals surface area contributed by atoms with Gasteiger partial charge in [0.05, 0.1) is 15.1 Å². The number of quaternary nitrogens is 1. The maximum Gasteiger partial charge on any atom is 0.141 e. The first-order valence-corrected chi connectivity index (χ1v) is 10.1. The first-order valence-electron chi connectivity index (χ1n) is 7.04. The molecule has 2 bridgehead atoms. The third-order valence-corrected chi connectivity index (χ3v) is 9.34. The van der Waals surface area contributed by atoms with Crippen molar-refractivity contribution in [2.75, 3.05) is 7.05 Å². The number of benzene rings is 1. The van der Waals surface area contributed by atoms with E-state index in [2.05, 4.69) is 69.8 Å². The van der Waals surface area contributed by atoms with Crippen molar-refractivity contribution >= 4 is 13.8 Å². The van der Waals surface area contributed by atoms with Crippen LogP contribution in [0.4, 0.5) is 5.69 Å². The van der Waals surface area contributed by atoms with Gasteiger partial charge in [0, 0.05) is 16.7 Å². The van der Waals surface area contributed by atoms with Gasteiger partial charge in [-0.3, -0.25) is 0 Å². The topological polar surface area (TPSA) is 0 Å². The van der Waals surface area contributed by atoms with Crippen LogP contribution in [0.2, 0.25) is 18.6 Å². The Kier molecular flexibility index (Phi) is 1.92. The zero-order chi connectivity index (χ0) is 13.4. The summed E-state index contributed by atoms with van der Waals surface area (Å²) >= 11 is 0. The average Bonchev–Trinajstić information content (AvgIpc) is 2.88. The maximum atomic E-state index is 2.52. The van der Waals surface area contributed by atoms with Crippen molar-refractivity contribution in [3.05, 3.63) is 64.6 Å². The van der Waals surface area contributed by atoms with Crippen LogP contribution in [0.25, 0.3) is 0 Å². The summed E-state index contributed by atoms with van der Waals surface area (Å²) in [6, 6.07) is 10.8. The van der Waals surface area contributed by atoms with E-state index in [0.29, 0.717) is 0 Å². The van der Waals surface area contributed by atoms with Gasteiger partial charge in [-0.25, -0.2) is 4.48 Å². The van der Waals surface area contributed by atoms with Crippen molar-refractivity contribution in [1.29, 1.82) is 0 Å². The van der Waals surface area contributed by atoms with Crippen molar-refractivity contribution in [3.63, 3.8) is 0 Å². The average molecular weight is 266 g/mol. The molecule has 0 aromatic heterocycles. The molecule has 3 aliphatic heterocycles. The Hall–Kier alpha value is -1.38. The van der Waals surface area contributed by atoms with Gasteiger partial charge in [-0.05, 0) is 24.3 Å². The molecule has 0 spiro atoms. The highest BCUT2D eigenvalue weighted by Crippen LogP contribution is 2.66. The first-order chi connectivity index (χ1) is 8.95. The van der Waals surface area contributed by atoms with E-state index in [9.17, 15) is 0 Å². The van der Waals surface area contributed by atoms with Gasteiger partial charge in [-0.2, -0.15) is 0 Å². The van der Waals surface area contributed by atoms with Gasteiger partial charge in [0.25, 0.3) is 0 Å².